The van der Waals surface area contributed by atoms with Crippen LogP contribution in [0.25, 0.3) is 0 Å². The van der Waals surface area contributed by atoms with Crippen molar-refractivity contribution >= 4 is 23.4 Å². The molecule has 5 heteroatoms. The van der Waals surface area contributed by atoms with E-state index in [-0.39, 0.29) is 11.9 Å². The fraction of sp³-hybridized carbons (Fsp3) is 0.500. The Labute approximate surface area is 119 Å². The van der Waals surface area contributed by atoms with Gasteiger partial charge in [0.25, 0.3) is 5.91 Å². The van der Waals surface area contributed by atoms with E-state index < -0.39 is 0 Å². The molecular weight excluding hydrogens is 260 g/mol. The van der Waals surface area contributed by atoms with E-state index in [9.17, 15) is 4.79 Å². The molecule has 19 heavy (non-hydrogen) atoms. The number of carbonyl (C=O) groups excluding carboxylic acids is 1. The average molecular weight is 282 g/mol. The van der Waals surface area contributed by atoms with E-state index in [1.165, 1.54) is 0 Å². The molecule has 0 bridgehead atoms. The molecule has 0 aliphatic rings. The molecule has 0 spiro atoms. The van der Waals surface area contributed by atoms with Crippen LogP contribution in [0.2, 0.25) is 0 Å². The highest BCUT2D eigenvalue weighted by Crippen LogP contribution is 2.21. The number of nitrogens with one attached hydrogen (secondary N) is 1. The first-order valence-corrected chi connectivity index (χ1v) is 7.56. The van der Waals surface area contributed by atoms with Gasteiger partial charge < -0.3 is 15.8 Å². The van der Waals surface area contributed by atoms with Gasteiger partial charge >= 0.3 is 0 Å². The Morgan fingerprint density at radius 1 is 1.53 bits per heavy atom. The summed E-state index contributed by atoms with van der Waals surface area (Å²) >= 11 is 1.88. The maximum atomic E-state index is 12.0. The van der Waals surface area contributed by atoms with Crippen LogP contribution >= 0.6 is 11.8 Å². The van der Waals surface area contributed by atoms with Gasteiger partial charge in [0.05, 0.1) is 12.8 Å². The lowest BCUT2D eigenvalue weighted by Gasteiger charge is -2.14. The van der Waals surface area contributed by atoms with Crippen LogP contribution < -0.4 is 15.8 Å². The van der Waals surface area contributed by atoms with Gasteiger partial charge in [0.15, 0.2) is 0 Å². The molecule has 0 fully saturated rings. The first-order chi connectivity index (χ1) is 9.08. The van der Waals surface area contributed by atoms with Crippen LogP contribution in [0.15, 0.2) is 18.2 Å². The Morgan fingerprint density at radius 3 is 2.84 bits per heavy atom. The van der Waals surface area contributed by atoms with Crippen molar-refractivity contribution in [2.75, 3.05) is 24.3 Å². The summed E-state index contributed by atoms with van der Waals surface area (Å²) in [6.07, 6.45) is 0.968. The van der Waals surface area contributed by atoms with Gasteiger partial charge in [-0.2, -0.15) is 11.8 Å². The van der Waals surface area contributed by atoms with Gasteiger partial charge in [-0.1, -0.05) is 6.92 Å². The minimum atomic E-state index is -0.0941. The summed E-state index contributed by atoms with van der Waals surface area (Å²) in [7, 11) is 1.55. The zero-order valence-electron chi connectivity index (χ0n) is 11.7. The van der Waals surface area contributed by atoms with E-state index >= 15 is 0 Å². The smallest absolute Gasteiger partial charge is 0.251 e. The molecule has 1 atom stereocenters. The predicted octanol–water partition coefficient (Wildman–Crippen LogP) is 2.54. The third-order valence-electron chi connectivity index (χ3n) is 2.77. The van der Waals surface area contributed by atoms with Gasteiger partial charge in [0.1, 0.15) is 5.75 Å². The number of carbonyl (C=O) groups is 1. The second kappa shape index (κ2) is 7.94. The fourth-order valence-electron chi connectivity index (χ4n) is 1.66. The summed E-state index contributed by atoms with van der Waals surface area (Å²) in [5.74, 6) is 2.66. The van der Waals surface area contributed by atoms with Crippen molar-refractivity contribution < 1.29 is 9.53 Å². The largest absolute Gasteiger partial charge is 0.495 e. The lowest BCUT2D eigenvalue weighted by atomic mass is 10.1. The highest BCUT2D eigenvalue weighted by atomic mass is 32.2. The molecule has 0 heterocycles. The van der Waals surface area contributed by atoms with Crippen LogP contribution in [-0.2, 0) is 0 Å². The minimum absolute atomic E-state index is 0.0941. The summed E-state index contributed by atoms with van der Waals surface area (Å²) in [6.45, 7) is 4.15. The number of hydrogen-bond donors (Lipinski definition) is 2. The Hall–Kier alpha value is -1.36. The number of rotatable bonds is 7. The summed E-state index contributed by atoms with van der Waals surface area (Å²) in [6, 6.07) is 5.23. The number of ether oxygens (including phenoxy) is 1. The molecule has 3 N–H and O–H groups in total. The molecule has 0 radical (unpaired) electrons. The van der Waals surface area contributed by atoms with E-state index in [4.69, 9.17) is 10.5 Å². The highest BCUT2D eigenvalue weighted by molar-refractivity contribution is 7.99. The molecule has 0 saturated carbocycles. The van der Waals surface area contributed by atoms with E-state index in [1.807, 2.05) is 18.7 Å². The zero-order valence-corrected chi connectivity index (χ0v) is 12.5. The van der Waals surface area contributed by atoms with Gasteiger partial charge in [-0.05, 0) is 43.0 Å². The van der Waals surface area contributed by atoms with Crippen LogP contribution in [-0.4, -0.2) is 30.6 Å². The lowest BCUT2D eigenvalue weighted by Crippen LogP contribution is -2.33. The predicted molar refractivity (Wildman–Crippen MR) is 82.0 cm³/mol. The van der Waals surface area contributed by atoms with Crippen molar-refractivity contribution in [1.29, 1.82) is 0 Å². The molecule has 0 aromatic heterocycles. The van der Waals surface area contributed by atoms with Crippen molar-refractivity contribution in [2.24, 2.45) is 0 Å². The topological polar surface area (TPSA) is 64.3 Å². The number of nitrogens with two attached hydrogens (primary N) is 1. The molecule has 1 rings (SSSR count). The number of amides is 1. The van der Waals surface area contributed by atoms with Crippen LogP contribution in [0, 0.1) is 0 Å². The standard InChI is InChI=1S/C14H22N2O2S/c1-4-19-8-7-10(2)16-14(17)11-5-6-13(18-3)12(15)9-11/h5-6,9-10H,4,7-8,15H2,1-3H3,(H,16,17). The Morgan fingerprint density at radius 2 is 2.26 bits per heavy atom. The molecule has 4 nitrogen and oxygen atoms in total. The monoisotopic (exact) mass is 282 g/mol. The maximum absolute atomic E-state index is 12.0. The van der Waals surface area contributed by atoms with Gasteiger partial charge in [-0.15, -0.1) is 0 Å². The molecule has 106 valence electrons. The second-order valence-electron chi connectivity index (χ2n) is 4.32. The lowest BCUT2D eigenvalue weighted by molar-refractivity contribution is 0.0939. The van der Waals surface area contributed by atoms with Gasteiger partial charge in [-0.25, -0.2) is 0 Å². The van der Waals surface area contributed by atoms with Crippen molar-refractivity contribution in [3.05, 3.63) is 23.8 Å². The zero-order chi connectivity index (χ0) is 14.3. The Kier molecular flexibility index (Phi) is 6.56. The number of nitrogen functional groups attached to an aromatic ring is 1. The molecular formula is C14H22N2O2S. The third kappa shape index (κ3) is 5.03. The van der Waals surface area contributed by atoms with E-state index in [0.29, 0.717) is 17.0 Å². The van der Waals surface area contributed by atoms with Crippen LogP contribution in [0.5, 0.6) is 5.75 Å². The van der Waals surface area contributed by atoms with E-state index in [0.717, 1.165) is 17.9 Å². The maximum Gasteiger partial charge on any atom is 0.251 e. The Bertz CT molecular complexity index is 424. The average Bonchev–Trinajstić information content (AvgIpc) is 2.38. The highest BCUT2D eigenvalue weighted by Gasteiger charge is 2.11. The van der Waals surface area contributed by atoms with Gasteiger partial charge in [-0.3, -0.25) is 4.79 Å². The molecule has 1 aromatic rings. The minimum Gasteiger partial charge on any atom is -0.495 e. The van der Waals surface area contributed by atoms with Crippen molar-refractivity contribution in [2.45, 2.75) is 26.3 Å². The number of hydrogen-bond acceptors (Lipinski definition) is 4. The molecule has 0 saturated heterocycles. The summed E-state index contributed by atoms with van der Waals surface area (Å²) < 4.78 is 5.07. The number of anilines is 1. The van der Waals surface area contributed by atoms with Crippen LogP contribution in [0.1, 0.15) is 30.6 Å². The second-order valence-corrected chi connectivity index (χ2v) is 5.71. The molecule has 1 unspecified atom stereocenters. The third-order valence-corrected chi connectivity index (χ3v) is 3.70. The van der Waals surface area contributed by atoms with Crippen molar-refractivity contribution in [1.82, 2.24) is 5.32 Å². The summed E-state index contributed by atoms with van der Waals surface area (Å²) in [5, 5.41) is 2.97. The fourth-order valence-corrected chi connectivity index (χ4v) is 2.47. The summed E-state index contributed by atoms with van der Waals surface area (Å²) in [5.41, 5.74) is 6.83. The van der Waals surface area contributed by atoms with Crippen LogP contribution in [0.4, 0.5) is 5.69 Å². The van der Waals surface area contributed by atoms with Crippen molar-refractivity contribution in [3.8, 4) is 5.75 Å². The quantitative estimate of drug-likeness (QED) is 0.596. The molecule has 1 amide bonds. The SMILES string of the molecule is CCSCCC(C)NC(=O)c1ccc(OC)c(N)c1. The van der Waals surface area contributed by atoms with Gasteiger partial charge in [0, 0.05) is 11.6 Å². The number of benzene rings is 1. The summed E-state index contributed by atoms with van der Waals surface area (Å²) in [4.78, 5) is 12.0. The first kappa shape index (κ1) is 15.7. The molecule has 0 aliphatic carbocycles. The normalized spacial score (nSPS) is 11.9. The van der Waals surface area contributed by atoms with Crippen molar-refractivity contribution in [3.63, 3.8) is 0 Å². The molecule has 0 aliphatic heterocycles. The van der Waals surface area contributed by atoms with E-state index in [2.05, 4.69) is 12.2 Å². The van der Waals surface area contributed by atoms with Gasteiger partial charge in [0.2, 0.25) is 0 Å². The van der Waals surface area contributed by atoms with E-state index in [1.54, 1.807) is 25.3 Å². The molecule has 1 aromatic carbocycles. The van der Waals surface area contributed by atoms with Crippen LogP contribution in [0.3, 0.4) is 0 Å². The Balaban J connectivity index is 2.55. The first-order valence-electron chi connectivity index (χ1n) is 6.40. The number of thioether (sulfide) groups is 1. The number of methoxy groups -OCH3 is 1.